The lowest BCUT2D eigenvalue weighted by Crippen LogP contribution is -2.61. The van der Waals surface area contributed by atoms with Gasteiger partial charge in [-0.25, -0.2) is 4.90 Å². The number of thioether (sulfide) groups is 1. The lowest BCUT2D eigenvalue weighted by Gasteiger charge is -2.32. The van der Waals surface area contributed by atoms with E-state index in [1.54, 1.807) is 61.4 Å². The number of benzene rings is 2. The minimum absolute atomic E-state index is 0.154. The summed E-state index contributed by atoms with van der Waals surface area (Å²) in [6.07, 6.45) is 1.28. The number of hydrogen-bond donors (Lipinski definition) is 1. The maximum Gasteiger partial charge on any atom is 0.325 e. The summed E-state index contributed by atoms with van der Waals surface area (Å²) < 4.78 is 12.7. The smallest absolute Gasteiger partial charge is 0.325 e. The molecule has 0 aliphatic carbocycles. The van der Waals surface area contributed by atoms with Crippen molar-refractivity contribution in [1.82, 2.24) is 10.1 Å². The van der Waals surface area contributed by atoms with E-state index in [1.165, 1.54) is 23.6 Å². The Bertz CT molecular complexity index is 1320. The van der Waals surface area contributed by atoms with Crippen LogP contribution in [0.3, 0.4) is 0 Å². The molecule has 1 aliphatic rings. The van der Waals surface area contributed by atoms with Crippen LogP contribution in [0, 0.1) is 0 Å². The summed E-state index contributed by atoms with van der Waals surface area (Å²) in [5.74, 6) is -0.122. The van der Waals surface area contributed by atoms with Gasteiger partial charge in [0.15, 0.2) is 11.5 Å². The van der Waals surface area contributed by atoms with Gasteiger partial charge in [-0.15, -0.1) is 0 Å². The van der Waals surface area contributed by atoms with Crippen LogP contribution in [0.25, 0.3) is 11.3 Å². The summed E-state index contributed by atoms with van der Waals surface area (Å²) in [5.41, 5.74) is 1.58. The summed E-state index contributed by atoms with van der Waals surface area (Å²) in [7, 11) is 1.48. The van der Waals surface area contributed by atoms with Gasteiger partial charge >= 0.3 is 17.2 Å². The van der Waals surface area contributed by atoms with Crippen LogP contribution >= 0.6 is 11.8 Å². The van der Waals surface area contributed by atoms with Crippen LogP contribution in [0.4, 0.5) is 5.69 Å². The Morgan fingerprint density at radius 3 is 2.59 bits per heavy atom. The Hall–Kier alpha value is -3.66. The second-order valence-electron chi connectivity index (χ2n) is 7.47. The molecule has 1 aromatic heterocycles. The third-order valence-electron chi connectivity index (χ3n) is 5.53. The predicted molar refractivity (Wildman–Crippen MR) is 127 cm³/mol. The number of hydrogen-bond acceptors (Lipinski definition) is 7. The van der Waals surface area contributed by atoms with Gasteiger partial charge in [-0.05, 0) is 35.2 Å². The van der Waals surface area contributed by atoms with E-state index in [2.05, 4.69) is 10.1 Å². The molecule has 2 heterocycles. The van der Waals surface area contributed by atoms with Gasteiger partial charge in [0.05, 0.1) is 23.9 Å². The SMILES string of the molecule is CCC(=O)Oc1c(OC)cccc1C1N(C(=O)CC)c2ccccc2-c2c(=O)[nH]c(SC)n[n+]21. The zero-order chi connectivity index (χ0) is 24.4. The number of aromatic amines is 1. The van der Waals surface area contributed by atoms with Crippen molar-refractivity contribution >= 4 is 29.3 Å². The van der Waals surface area contributed by atoms with Crippen molar-refractivity contribution in [3.8, 4) is 22.8 Å². The third kappa shape index (κ3) is 3.94. The van der Waals surface area contributed by atoms with Crippen molar-refractivity contribution in [2.45, 2.75) is 38.0 Å². The van der Waals surface area contributed by atoms with Gasteiger partial charge in [-0.3, -0.25) is 19.4 Å². The summed E-state index contributed by atoms with van der Waals surface area (Å²) in [6.45, 7) is 3.46. The first-order chi connectivity index (χ1) is 16.4. The van der Waals surface area contributed by atoms with E-state index >= 15 is 0 Å². The number of H-pyrrole nitrogens is 1. The van der Waals surface area contributed by atoms with Gasteiger partial charge in [0.2, 0.25) is 11.1 Å². The van der Waals surface area contributed by atoms with Crippen molar-refractivity contribution in [3.05, 3.63) is 58.4 Å². The molecule has 3 aromatic rings. The summed E-state index contributed by atoms with van der Waals surface area (Å²) in [4.78, 5) is 43.3. The Morgan fingerprint density at radius 2 is 1.91 bits per heavy atom. The van der Waals surface area contributed by atoms with Crippen molar-refractivity contribution in [1.29, 1.82) is 0 Å². The second kappa shape index (κ2) is 9.68. The Kier molecular flexibility index (Phi) is 6.69. The topological polar surface area (TPSA) is 105 Å². The molecule has 1 amide bonds. The Balaban J connectivity index is 2.10. The van der Waals surface area contributed by atoms with Crippen LogP contribution in [-0.2, 0) is 9.59 Å². The van der Waals surface area contributed by atoms with E-state index in [0.717, 1.165) is 0 Å². The highest BCUT2D eigenvalue weighted by Gasteiger charge is 2.47. The van der Waals surface area contributed by atoms with Crippen LogP contribution in [0.2, 0.25) is 0 Å². The fourth-order valence-electron chi connectivity index (χ4n) is 3.98. The number of anilines is 1. The predicted octanol–water partition coefficient (Wildman–Crippen LogP) is 3.07. The van der Waals surface area contributed by atoms with Gasteiger partial charge in [0.25, 0.3) is 6.17 Å². The minimum atomic E-state index is -0.889. The lowest BCUT2D eigenvalue weighted by atomic mass is 10.00. The average Bonchev–Trinajstić information content (AvgIpc) is 2.87. The number of fused-ring (bicyclic) bond motifs is 3. The fourth-order valence-corrected chi connectivity index (χ4v) is 4.34. The van der Waals surface area contributed by atoms with E-state index in [4.69, 9.17) is 9.47 Å². The monoisotopic (exact) mass is 481 g/mol. The number of rotatable bonds is 6. The zero-order valence-electron chi connectivity index (χ0n) is 19.3. The highest BCUT2D eigenvalue weighted by Crippen LogP contribution is 2.42. The standard InChI is InChI=1S/C24H24N4O5S/c1-5-18(29)27-16-12-8-7-10-14(16)20-22(31)25-24(34-4)26-28(20)23(27)15-11-9-13-17(32-3)21(15)33-19(30)6-2/h7-13,23H,5-6H2,1-4H3/p+1. The molecule has 0 radical (unpaired) electrons. The number of ether oxygens (including phenoxy) is 2. The fraction of sp³-hybridized carbons (Fsp3) is 0.292. The number of nitrogens with one attached hydrogen (secondary N) is 1. The van der Waals surface area contributed by atoms with Crippen LogP contribution in [0.15, 0.2) is 52.4 Å². The van der Waals surface area contributed by atoms with E-state index in [9.17, 15) is 14.4 Å². The molecule has 1 atom stereocenters. The highest BCUT2D eigenvalue weighted by molar-refractivity contribution is 7.98. The van der Waals surface area contributed by atoms with E-state index in [1.807, 2.05) is 6.07 Å². The molecule has 0 saturated heterocycles. The number of amides is 1. The van der Waals surface area contributed by atoms with E-state index in [-0.39, 0.29) is 30.1 Å². The molecule has 0 bridgehead atoms. The van der Waals surface area contributed by atoms with Crippen LogP contribution in [0.1, 0.15) is 38.4 Å². The number of para-hydroxylation sites is 2. The number of carbonyl (C=O) groups is 2. The number of carbonyl (C=O) groups excluding carboxylic acids is 2. The van der Waals surface area contributed by atoms with Crippen molar-refractivity contribution < 1.29 is 23.7 Å². The summed E-state index contributed by atoms with van der Waals surface area (Å²) in [6, 6.07) is 12.4. The van der Waals surface area contributed by atoms with Crippen LogP contribution in [-0.4, -0.2) is 35.3 Å². The molecule has 0 spiro atoms. The Labute approximate surface area is 200 Å². The first kappa shape index (κ1) is 23.5. The number of aromatic nitrogens is 3. The Morgan fingerprint density at radius 1 is 1.15 bits per heavy atom. The molecule has 176 valence electrons. The summed E-state index contributed by atoms with van der Waals surface area (Å²) >= 11 is 1.27. The quantitative estimate of drug-likeness (QED) is 0.250. The largest absolute Gasteiger partial charge is 0.493 e. The molecule has 1 N–H and O–H groups in total. The molecule has 4 rings (SSSR count). The molecule has 34 heavy (non-hydrogen) atoms. The second-order valence-corrected chi connectivity index (χ2v) is 8.27. The zero-order valence-corrected chi connectivity index (χ0v) is 20.1. The molecule has 2 aromatic carbocycles. The first-order valence-electron chi connectivity index (χ1n) is 10.8. The normalized spacial score (nSPS) is 14.2. The lowest BCUT2D eigenvalue weighted by molar-refractivity contribution is -0.763. The van der Waals surface area contributed by atoms with E-state index in [0.29, 0.717) is 33.4 Å². The van der Waals surface area contributed by atoms with Gasteiger partial charge in [-0.1, -0.05) is 43.8 Å². The van der Waals surface area contributed by atoms with Gasteiger partial charge < -0.3 is 9.47 Å². The average molecular weight is 482 g/mol. The maximum atomic E-state index is 13.4. The van der Waals surface area contributed by atoms with Gasteiger partial charge in [0.1, 0.15) is 0 Å². The number of esters is 1. The van der Waals surface area contributed by atoms with Gasteiger partial charge in [0, 0.05) is 17.9 Å². The molecule has 0 fully saturated rings. The van der Waals surface area contributed by atoms with Crippen molar-refractivity contribution in [2.75, 3.05) is 18.3 Å². The minimum Gasteiger partial charge on any atom is -0.493 e. The van der Waals surface area contributed by atoms with Crippen molar-refractivity contribution in [2.24, 2.45) is 0 Å². The molecule has 1 unspecified atom stereocenters. The van der Waals surface area contributed by atoms with Crippen LogP contribution < -0.4 is 24.6 Å². The molecule has 1 aliphatic heterocycles. The number of nitrogens with zero attached hydrogens (tertiary/aromatic N) is 3. The molecular formula is C24H25N4O5S+. The van der Waals surface area contributed by atoms with Crippen molar-refractivity contribution in [3.63, 3.8) is 0 Å². The molecule has 0 saturated carbocycles. The molecular weight excluding hydrogens is 456 g/mol. The molecule has 9 nitrogen and oxygen atoms in total. The third-order valence-corrected chi connectivity index (χ3v) is 6.11. The number of methoxy groups -OCH3 is 1. The van der Waals surface area contributed by atoms with Gasteiger partial charge in [-0.2, -0.15) is 0 Å². The maximum absolute atomic E-state index is 13.4. The van der Waals surface area contributed by atoms with E-state index < -0.39 is 12.1 Å². The van der Waals surface area contributed by atoms with Crippen LogP contribution in [0.5, 0.6) is 11.5 Å². The highest BCUT2D eigenvalue weighted by atomic mass is 32.2. The first-order valence-corrected chi connectivity index (χ1v) is 12.1. The molecule has 10 heteroatoms. The summed E-state index contributed by atoms with van der Waals surface area (Å²) in [5, 5.41) is 5.05.